The number of rotatable bonds is 3. The van der Waals surface area contributed by atoms with Gasteiger partial charge in [-0.1, -0.05) is 12.5 Å². The molecule has 2 aliphatic rings. The van der Waals surface area contributed by atoms with Crippen LogP contribution >= 0.6 is 11.3 Å². The average molecular weight is 355 g/mol. The van der Waals surface area contributed by atoms with Crippen LogP contribution in [-0.4, -0.2) is 22.8 Å². The van der Waals surface area contributed by atoms with Crippen LogP contribution in [0.2, 0.25) is 0 Å². The van der Waals surface area contributed by atoms with Gasteiger partial charge in [0.2, 0.25) is 11.8 Å². The Morgan fingerprint density at radius 2 is 2.12 bits per heavy atom. The molecule has 1 saturated carbocycles. The molecule has 0 radical (unpaired) electrons. The Bertz CT molecular complexity index is 841. The highest BCUT2D eigenvalue weighted by Gasteiger charge is 2.29. The normalized spacial score (nSPS) is 19.4. The van der Waals surface area contributed by atoms with Gasteiger partial charge in [0.05, 0.1) is 5.69 Å². The van der Waals surface area contributed by atoms with Gasteiger partial charge in [0.1, 0.15) is 0 Å². The van der Waals surface area contributed by atoms with E-state index in [9.17, 15) is 9.59 Å². The van der Waals surface area contributed by atoms with Gasteiger partial charge in [-0.15, -0.1) is 11.3 Å². The van der Waals surface area contributed by atoms with Crippen LogP contribution in [0.15, 0.2) is 23.6 Å². The van der Waals surface area contributed by atoms with Crippen molar-refractivity contribution in [3.63, 3.8) is 0 Å². The lowest BCUT2D eigenvalue weighted by atomic mass is 9.85. The van der Waals surface area contributed by atoms with E-state index in [1.807, 2.05) is 22.4 Å². The van der Waals surface area contributed by atoms with Crippen LogP contribution in [0.5, 0.6) is 0 Å². The topological polar surface area (TPSA) is 62.3 Å². The second kappa shape index (κ2) is 6.26. The average Bonchev–Trinajstić information content (AvgIpc) is 3.07. The van der Waals surface area contributed by atoms with Crippen molar-refractivity contribution in [2.75, 3.05) is 10.2 Å². The van der Waals surface area contributed by atoms with Crippen molar-refractivity contribution in [1.29, 1.82) is 0 Å². The van der Waals surface area contributed by atoms with Gasteiger partial charge in [0, 0.05) is 35.5 Å². The van der Waals surface area contributed by atoms with E-state index in [1.165, 1.54) is 16.9 Å². The number of anilines is 2. The van der Waals surface area contributed by atoms with Gasteiger partial charge < -0.3 is 10.2 Å². The lowest BCUT2D eigenvalue weighted by Crippen LogP contribution is -2.33. The maximum atomic E-state index is 12.0. The second-order valence-electron chi connectivity index (χ2n) is 6.94. The molecule has 1 fully saturated rings. The third-order valence-electron chi connectivity index (χ3n) is 5.14. The fourth-order valence-corrected chi connectivity index (χ4v) is 4.33. The highest BCUT2D eigenvalue weighted by Crippen LogP contribution is 2.36. The fourth-order valence-electron chi connectivity index (χ4n) is 3.61. The van der Waals surface area contributed by atoms with Crippen molar-refractivity contribution in [2.24, 2.45) is 5.92 Å². The Kier molecular flexibility index (Phi) is 4.07. The van der Waals surface area contributed by atoms with Crippen molar-refractivity contribution in [3.8, 4) is 11.3 Å². The van der Waals surface area contributed by atoms with E-state index in [-0.39, 0.29) is 23.8 Å². The van der Waals surface area contributed by atoms with E-state index in [1.54, 1.807) is 6.92 Å². The summed E-state index contributed by atoms with van der Waals surface area (Å²) in [5, 5.41) is 5.56. The van der Waals surface area contributed by atoms with E-state index >= 15 is 0 Å². The van der Waals surface area contributed by atoms with Crippen molar-refractivity contribution in [1.82, 2.24) is 4.98 Å². The number of carbonyl (C=O) groups excluding carboxylic acids is 2. The molecule has 0 spiro atoms. The van der Waals surface area contributed by atoms with Crippen molar-refractivity contribution < 1.29 is 9.59 Å². The van der Waals surface area contributed by atoms with Crippen molar-refractivity contribution in [3.05, 3.63) is 29.1 Å². The number of thiazole rings is 1. The van der Waals surface area contributed by atoms with Gasteiger partial charge in [0.25, 0.3) is 0 Å². The minimum absolute atomic E-state index is 0.0775. The molecule has 1 aliphatic carbocycles. The molecule has 0 unspecified atom stereocenters. The Hall–Kier alpha value is -2.21. The highest BCUT2D eigenvalue weighted by molar-refractivity contribution is 7.14. The first-order chi connectivity index (χ1) is 12.0. The Morgan fingerprint density at radius 1 is 1.32 bits per heavy atom. The molecule has 6 heteroatoms. The van der Waals surface area contributed by atoms with Crippen LogP contribution in [0.3, 0.4) is 0 Å². The fraction of sp³-hybridized carbons (Fsp3) is 0.421. The predicted octanol–water partition coefficient (Wildman–Crippen LogP) is 3.85. The molecule has 1 atom stereocenters. The van der Waals surface area contributed by atoms with E-state index in [2.05, 4.69) is 23.3 Å². The molecule has 1 N–H and O–H groups in total. The molecule has 25 heavy (non-hydrogen) atoms. The highest BCUT2D eigenvalue weighted by atomic mass is 32.1. The summed E-state index contributed by atoms with van der Waals surface area (Å²) in [6, 6.07) is 6.30. The summed E-state index contributed by atoms with van der Waals surface area (Å²) in [4.78, 5) is 30.3. The van der Waals surface area contributed by atoms with Crippen LogP contribution in [0.4, 0.5) is 10.8 Å². The number of hydrogen-bond donors (Lipinski definition) is 1. The molecule has 5 nitrogen and oxygen atoms in total. The SMILES string of the molecule is CC(=O)N1c2ccc(-c3csc(NC(=O)C4CCC4)n3)cc2C[C@H]1C. The summed E-state index contributed by atoms with van der Waals surface area (Å²) in [6.45, 7) is 3.68. The quantitative estimate of drug-likeness (QED) is 0.910. The molecule has 0 saturated heterocycles. The Morgan fingerprint density at radius 3 is 2.80 bits per heavy atom. The maximum Gasteiger partial charge on any atom is 0.229 e. The minimum Gasteiger partial charge on any atom is -0.309 e. The first kappa shape index (κ1) is 16.3. The molecule has 2 aromatic rings. The first-order valence-electron chi connectivity index (χ1n) is 8.72. The third kappa shape index (κ3) is 2.95. The van der Waals surface area contributed by atoms with Gasteiger partial charge in [0.15, 0.2) is 5.13 Å². The molecule has 130 valence electrons. The molecular weight excluding hydrogens is 334 g/mol. The van der Waals surface area contributed by atoms with Crippen LogP contribution in [-0.2, 0) is 16.0 Å². The standard InChI is InChI=1S/C19H21N3O2S/c1-11-8-15-9-14(6-7-17(15)22(11)12(2)23)16-10-25-19(20-16)21-18(24)13-4-3-5-13/h6-7,9-11,13H,3-5,8H2,1-2H3,(H,20,21,24)/t11-/m1/s1. The van der Waals surface area contributed by atoms with Crippen LogP contribution in [0.25, 0.3) is 11.3 Å². The molecule has 4 rings (SSSR count). The number of benzene rings is 1. The van der Waals surface area contributed by atoms with E-state index < -0.39 is 0 Å². The number of hydrogen-bond acceptors (Lipinski definition) is 4. The molecule has 1 aromatic heterocycles. The summed E-state index contributed by atoms with van der Waals surface area (Å²) < 4.78 is 0. The summed E-state index contributed by atoms with van der Waals surface area (Å²) in [7, 11) is 0. The van der Waals surface area contributed by atoms with Gasteiger partial charge in [-0.3, -0.25) is 9.59 Å². The molecular formula is C19H21N3O2S. The van der Waals surface area contributed by atoms with Crippen LogP contribution in [0, 0.1) is 5.92 Å². The number of amides is 2. The number of aromatic nitrogens is 1. The van der Waals surface area contributed by atoms with E-state index in [0.717, 1.165) is 42.6 Å². The Labute approximate surface area is 151 Å². The Balaban J connectivity index is 1.54. The number of nitrogens with zero attached hydrogens (tertiary/aromatic N) is 2. The molecule has 2 amide bonds. The predicted molar refractivity (Wildman–Crippen MR) is 99.8 cm³/mol. The van der Waals surface area contributed by atoms with E-state index in [4.69, 9.17) is 0 Å². The second-order valence-corrected chi connectivity index (χ2v) is 7.80. The van der Waals surface area contributed by atoms with Gasteiger partial charge in [-0.25, -0.2) is 4.98 Å². The molecule has 2 heterocycles. The number of nitrogens with one attached hydrogen (secondary N) is 1. The molecule has 1 aromatic carbocycles. The summed E-state index contributed by atoms with van der Waals surface area (Å²) in [6.07, 6.45) is 3.98. The summed E-state index contributed by atoms with van der Waals surface area (Å²) in [5.41, 5.74) is 4.06. The molecule has 0 bridgehead atoms. The first-order valence-corrected chi connectivity index (χ1v) is 9.60. The number of fused-ring (bicyclic) bond motifs is 1. The summed E-state index contributed by atoms with van der Waals surface area (Å²) in [5.74, 6) is 0.326. The lowest BCUT2D eigenvalue weighted by molar-refractivity contribution is -0.122. The van der Waals surface area contributed by atoms with E-state index in [0.29, 0.717) is 5.13 Å². The monoisotopic (exact) mass is 355 g/mol. The maximum absolute atomic E-state index is 12.0. The van der Waals surface area contributed by atoms with Gasteiger partial charge in [-0.05, 0) is 43.9 Å². The van der Waals surface area contributed by atoms with Gasteiger partial charge in [-0.2, -0.15) is 0 Å². The largest absolute Gasteiger partial charge is 0.309 e. The zero-order valence-corrected chi connectivity index (χ0v) is 15.2. The summed E-state index contributed by atoms with van der Waals surface area (Å²) >= 11 is 1.46. The van der Waals surface area contributed by atoms with Gasteiger partial charge >= 0.3 is 0 Å². The smallest absolute Gasteiger partial charge is 0.229 e. The third-order valence-corrected chi connectivity index (χ3v) is 5.90. The van der Waals surface area contributed by atoms with Crippen LogP contribution in [0.1, 0.15) is 38.7 Å². The van der Waals surface area contributed by atoms with Crippen LogP contribution < -0.4 is 10.2 Å². The van der Waals surface area contributed by atoms with Crippen molar-refractivity contribution >= 4 is 34.0 Å². The molecule has 1 aliphatic heterocycles. The van der Waals surface area contributed by atoms with Crippen molar-refractivity contribution in [2.45, 2.75) is 45.6 Å². The zero-order valence-electron chi connectivity index (χ0n) is 14.4. The minimum atomic E-state index is 0.0775. The zero-order chi connectivity index (χ0) is 17.6. The number of carbonyl (C=O) groups is 2. The lowest BCUT2D eigenvalue weighted by Gasteiger charge is -2.23.